The second-order valence-corrected chi connectivity index (χ2v) is 5.03. The molecule has 3 nitrogen and oxygen atoms in total. The average molecular weight is 319 g/mol. The number of amides is 1. The minimum atomic E-state index is -2.90. The van der Waals surface area contributed by atoms with Gasteiger partial charge in [0.05, 0.1) is 0 Å². The van der Waals surface area contributed by atoms with Crippen molar-refractivity contribution in [3.05, 3.63) is 65.7 Å². The molecule has 2 aromatic rings. The van der Waals surface area contributed by atoms with Crippen LogP contribution in [-0.4, -0.2) is 30.5 Å². The van der Waals surface area contributed by atoms with Crippen molar-refractivity contribution in [2.24, 2.45) is 0 Å². The van der Waals surface area contributed by atoms with Gasteiger partial charge in [-0.3, -0.25) is 4.79 Å². The molecular weight excluding hydrogens is 300 g/mol. The van der Waals surface area contributed by atoms with Crippen molar-refractivity contribution in [2.75, 3.05) is 13.1 Å². The van der Waals surface area contributed by atoms with Crippen LogP contribution in [-0.2, 0) is 6.42 Å². The average Bonchev–Trinajstić information content (AvgIpc) is 2.56. The van der Waals surface area contributed by atoms with Gasteiger partial charge in [-0.15, -0.1) is 0 Å². The normalized spacial score (nSPS) is 10.6. The molecule has 2 rings (SSSR count). The van der Waals surface area contributed by atoms with Gasteiger partial charge in [-0.1, -0.05) is 36.4 Å². The molecule has 0 aliphatic heterocycles. The molecule has 0 aromatic heterocycles. The van der Waals surface area contributed by atoms with E-state index in [4.69, 9.17) is 0 Å². The molecule has 0 radical (unpaired) electrons. The Bertz CT molecular complexity index is 632. The lowest BCUT2D eigenvalue weighted by atomic mass is 10.1. The summed E-state index contributed by atoms with van der Waals surface area (Å²) < 4.78 is 28.9. The molecule has 2 aromatic carbocycles. The molecule has 122 valence electrons. The first-order valence-corrected chi connectivity index (χ1v) is 7.48. The van der Waals surface area contributed by atoms with E-state index in [9.17, 15) is 13.6 Å². The SMILES string of the molecule is CCN(CCc1ccccc1)C(=O)c1cccc(OC(F)F)c1. The predicted octanol–water partition coefficient (Wildman–Crippen LogP) is 3.99. The van der Waals surface area contributed by atoms with Crippen LogP contribution in [0.4, 0.5) is 8.78 Å². The number of likely N-dealkylation sites (N-methyl/N-ethyl adjacent to an activating group) is 1. The number of ether oxygens (including phenoxy) is 1. The lowest BCUT2D eigenvalue weighted by Gasteiger charge is -2.21. The van der Waals surface area contributed by atoms with Gasteiger partial charge in [-0.2, -0.15) is 8.78 Å². The monoisotopic (exact) mass is 319 g/mol. The van der Waals surface area contributed by atoms with E-state index >= 15 is 0 Å². The summed E-state index contributed by atoms with van der Waals surface area (Å²) in [6, 6.07) is 15.8. The Morgan fingerprint density at radius 3 is 2.52 bits per heavy atom. The number of carbonyl (C=O) groups is 1. The van der Waals surface area contributed by atoms with Crippen LogP contribution < -0.4 is 4.74 Å². The molecule has 23 heavy (non-hydrogen) atoms. The van der Waals surface area contributed by atoms with E-state index in [1.165, 1.54) is 18.2 Å². The standard InChI is InChI=1S/C18H19F2NO2/c1-2-21(12-11-14-7-4-3-5-8-14)17(22)15-9-6-10-16(13-15)23-18(19)20/h3-10,13,18H,2,11-12H2,1H3. The Hall–Kier alpha value is -2.43. The Kier molecular flexibility index (Phi) is 6.09. The van der Waals surface area contributed by atoms with Crippen LogP contribution >= 0.6 is 0 Å². The number of hydrogen-bond acceptors (Lipinski definition) is 2. The Labute approximate surface area is 134 Å². The molecule has 0 aliphatic rings. The Morgan fingerprint density at radius 2 is 1.87 bits per heavy atom. The zero-order valence-electron chi connectivity index (χ0n) is 12.9. The summed E-state index contributed by atoms with van der Waals surface area (Å²) in [7, 11) is 0. The first-order chi connectivity index (χ1) is 11.1. The van der Waals surface area contributed by atoms with Crippen LogP contribution in [0.25, 0.3) is 0 Å². The van der Waals surface area contributed by atoms with E-state index < -0.39 is 6.61 Å². The van der Waals surface area contributed by atoms with Crippen molar-refractivity contribution in [2.45, 2.75) is 20.0 Å². The quantitative estimate of drug-likeness (QED) is 0.772. The van der Waals surface area contributed by atoms with Gasteiger partial charge in [-0.05, 0) is 37.1 Å². The molecular formula is C18H19F2NO2. The minimum Gasteiger partial charge on any atom is -0.435 e. The minimum absolute atomic E-state index is 0.00929. The summed E-state index contributed by atoms with van der Waals surface area (Å²) >= 11 is 0. The molecule has 0 heterocycles. The summed E-state index contributed by atoms with van der Waals surface area (Å²) in [6.07, 6.45) is 0.744. The van der Waals surface area contributed by atoms with E-state index in [1.807, 2.05) is 37.3 Å². The summed E-state index contributed by atoms with van der Waals surface area (Å²) in [5, 5.41) is 0. The van der Waals surface area contributed by atoms with Gasteiger partial charge >= 0.3 is 6.61 Å². The topological polar surface area (TPSA) is 29.5 Å². The number of carbonyl (C=O) groups excluding carboxylic acids is 1. The molecule has 0 saturated carbocycles. The van der Waals surface area contributed by atoms with Gasteiger partial charge in [-0.25, -0.2) is 0 Å². The van der Waals surface area contributed by atoms with Crippen LogP contribution in [0.15, 0.2) is 54.6 Å². The summed E-state index contributed by atoms with van der Waals surface area (Å²) in [5.41, 5.74) is 1.49. The molecule has 5 heteroatoms. The molecule has 0 atom stereocenters. The molecule has 0 N–H and O–H groups in total. The largest absolute Gasteiger partial charge is 0.435 e. The van der Waals surface area contributed by atoms with Gasteiger partial charge < -0.3 is 9.64 Å². The lowest BCUT2D eigenvalue weighted by molar-refractivity contribution is -0.0499. The van der Waals surface area contributed by atoms with Crippen molar-refractivity contribution in [3.8, 4) is 5.75 Å². The van der Waals surface area contributed by atoms with Crippen molar-refractivity contribution < 1.29 is 18.3 Å². The highest BCUT2D eigenvalue weighted by Crippen LogP contribution is 2.17. The lowest BCUT2D eigenvalue weighted by Crippen LogP contribution is -2.32. The van der Waals surface area contributed by atoms with Crippen LogP contribution in [0.1, 0.15) is 22.8 Å². The molecule has 0 aliphatic carbocycles. The third-order valence-corrected chi connectivity index (χ3v) is 3.49. The number of hydrogen-bond donors (Lipinski definition) is 0. The van der Waals surface area contributed by atoms with E-state index in [0.717, 1.165) is 12.0 Å². The molecule has 0 saturated heterocycles. The third kappa shape index (κ3) is 5.06. The number of alkyl halides is 2. The van der Waals surface area contributed by atoms with Crippen molar-refractivity contribution >= 4 is 5.91 Å². The molecule has 0 fully saturated rings. The fourth-order valence-electron chi connectivity index (χ4n) is 2.30. The molecule has 0 unspecified atom stereocenters. The maximum atomic E-state index is 12.5. The number of rotatable bonds is 7. The zero-order chi connectivity index (χ0) is 16.7. The summed E-state index contributed by atoms with van der Waals surface area (Å²) in [5.74, 6) is -0.201. The second-order valence-electron chi connectivity index (χ2n) is 5.03. The van der Waals surface area contributed by atoms with Gasteiger partial charge in [0.1, 0.15) is 5.75 Å². The van der Waals surface area contributed by atoms with Gasteiger partial charge in [0.25, 0.3) is 5.91 Å². The Balaban J connectivity index is 2.04. The maximum Gasteiger partial charge on any atom is 0.387 e. The summed E-state index contributed by atoms with van der Waals surface area (Å²) in [6.45, 7) is 0.105. The molecule has 1 amide bonds. The second kappa shape index (κ2) is 8.27. The predicted molar refractivity (Wildman–Crippen MR) is 84.8 cm³/mol. The zero-order valence-corrected chi connectivity index (χ0v) is 12.9. The van der Waals surface area contributed by atoms with Crippen LogP contribution in [0.2, 0.25) is 0 Å². The van der Waals surface area contributed by atoms with Crippen molar-refractivity contribution in [3.63, 3.8) is 0 Å². The highest BCUT2D eigenvalue weighted by atomic mass is 19.3. The van der Waals surface area contributed by atoms with E-state index in [1.54, 1.807) is 11.0 Å². The van der Waals surface area contributed by atoms with Crippen molar-refractivity contribution in [1.29, 1.82) is 0 Å². The fraction of sp³-hybridized carbons (Fsp3) is 0.278. The van der Waals surface area contributed by atoms with Gasteiger partial charge in [0.15, 0.2) is 0 Å². The molecule has 0 bridgehead atoms. The van der Waals surface area contributed by atoms with E-state index in [2.05, 4.69) is 4.74 Å². The summed E-state index contributed by atoms with van der Waals surface area (Å²) in [4.78, 5) is 14.2. The number of nitrogens with zero attached hydrogens (tertiary/aromatic N) is 1. The maximum absolute atomic E-state index is 12.5. The van der Waals surface area contributed by atoms with Crippen molar-refractivity contribution in [1.82, 2.24) is 4.90 Å². The Morgan fingerprint density at radius 1 is 1.13 bits per heavy atom. The van der Waals surface area contributed by atoms with Crippen LogP contribution in [0, 0.1) is 0 Å². The van der Waals surface area contributed by atoms with Crippen LogP contribution in [0.5, 0.6) is 5.75 Å². The smallest absolute Gasteiger partial charge is 0.387 e. The van der Waals surface area contributed by atoms with Gasteiger partial charge in [0, 0.05) is 18.7 Å². The van der Waals surface area contributed by atoms with E-state index in [0.29, 0.717) is 18.7 Å². The fourth-order valence-corrected chi connectivity index (χ4v) is 2.30. The molecule has 0 spiro atoms. The first-order valence-electron chi connectivity index (χ1n) is 7.48. The number of benzene rings is 2. The number of halogens is 2. The van der Waals surface area contributed by atoms with Gasteiger partial charge in [0.2, 0.25) is 0 Å². The third-order valence-electron chi connectivity index (χ3n) is 3.49. The van der Waals surface area contributed by atoms with E-state index in [-0.39, 0.29) is 11.7 Å². The highest BCUT2D eigenvalue weighted by Gasteiger charge is 2.15. The first kappa shape index (κ1) is 16.9. The highest BCUT2D eigenvalue weighted by molar-refractivity contribution is 5.94. The van der Waals surface area contributed by atoms with Crippen LogP contribution in [0.3, 0.4) is 0 Å².